The van der Waals surface area contributed by atoms with Crippen LogP contribution in [0.25, 0.3) is 6.08 Å². The number of pyridine rings is 1. The first kappa shape index (κ1) is 21.9. The molecule has 0 radical (unpaired) electrons. The van der Waals surface area contributed by atoms with E-state index in [0.29, 0.717) is 38.9 Å². The molecule has 0 saturated carbocycles. The van der Waals surface area contributed by atoms with E-state index in [1.165, 1.54) is 16.7 Å². The van der Waals surface area contributed by atoms with Crippen molar-refractivity contribution in [3.63, 3.8) is 0 Å². The molecule has 0 aliphatic carbocycles. The number of ether oxygens (including phenoxy) is 2. The number of carbonyl (C=O) groups is 1. The van der Waals surface area contributed by atoms with Gasteiger partial charge in [-0.1, -0.05) is 35.9 Å². The largest absolute Gasteiger partial charge is 0.493 e. The molecule has 162 valence electrons. The van der Waals surface area contributed by atoms with E-state index in [2.05, 4.69) is 9.98 Å². The van der Waals surface area contributed by atoms with Crippen molar-refractivity contribution in [1.29, 1.82) is 0 Å². The van der Waals surface area contributed by atoms with Crippen LogP contribution in [0.1, 0.15) is 11.1 Å². The molecule has 32 heavy (non-hydrogen) atoms. The summed E-state index contributed by atoms with van der Waals surface area (Å²) in [6, 6.07) is 16.7. The first-order chi connectivity index (χ1) is 15.5. The van der Waals surface area contributed by atoms with Crippen LogP contribution in [0.5, 0.6) is 11.5 Å². The first-order valence-corrected chi connectivity index (χ1v) is 10.9. The lowest BCUT2D eigenvalue weighted by atomic mass is 10.2. The summed E-state index contributed by atoms with van der Waals surface area (Å²) in [5.74, 6) is 1.05. The predicted octanol–water partition coefficient (Wildman–Crippen LogP) is 5.56. The summed E-state index contributed by atoms with van der Waals surface area (Å²) in [4.78, 5) is 23.4. The number of likely N-dealkylation sites (N-methyl/N-ethyl adjacent to an activating group) is 1. The summed E-state index contributed by atoms with van der Waals surface area (Å²) in [5.41, 5.74) is 2.40. The van der Waals surface area contributed by atoms with Gasteiger partial charge in [0.1, 0.15) is 6.61 Å². The Balaban J connectivity index is 1.53. The highest BCUT2D eigenvalue weighted by Crippen LogP contribution is 2.35. The number of methoxy groups -OCH3 is 1. The second kappa shape index (κ2) is 9.89. The Morgan fingerprint density at radius 3 is 2.75 bits per heavy atom. The molecule has 6 nitrogen and oxygen atoms in total. The van der Waals surface area contributed by atoms with Crippen molar-refractivity contribution in [2.45, 2.75) is 6.61 Å². The molecule has 1 fully saturated rings. The highest BCUT2D eigenvalue weighted by molar-refractivity contribution is 8.18. The van der Waals surface area contributed by atoms with Crippen molar-refractivity contribution in [2.75, 3.05) is 14.2 Å². The lowest BCUT2D eigenvalue weighted by Crippen LogP contribution is -2.23. The van der Waals surface area contributed by atoms with Gasteiger partial charge in [-0.15, -0.1) is 0 Å². The Morgan fingerprint density at radius 2 is 2.00 bits per heavy atom. The van der Waals surface area contributed by atoms with Crippen molar-refractivity contribution in [3.05, 3.63) is 88.0 Å². The number of rotatable bonds is 6. The third kappa shape index (κ3) is 4.95. The minimum Gasteiger partial charge on any atom is -0.493 e. The van der Waals surface area contributed by atoms with E-state index >= 15 is 0 Å². The number of thioether (sulfide) groups is 1. The molecule has 8 heteroatoms. The van der Waals surface area contributed by atoms with Gasteiger partial charge in [-0.2, -0.15) is 0 Å². The third-order valence-corrected chi connectivity index (χ3v) is 6.13. The molecular weight excluding hydrogens is 446 g/mol. The lowest BCUT2D eigenvalue weighted by Gasteiger charge is -2.12. The van der Waals surface area contributed by atoms with Gasteiger partial charge in [-0.05, 0) is 53.7 Å². The second-order valence-electron chi connectivity index (χ2n) is 6.87. The average molecular weight is 466 g/mol. The minimum atomic E-state index is -0.115. The maximum atomic E-state index is 12.7. The van der Waals surface area contributed by atoms with Gasteiger partial charge in [0.2, 0.25) is 0 Å². The summed E-state index contributed by atoms with van der Waals surface area (Å²) < 4.78 is 11.4. The number of nitrogens with zero attached hydrogens (tertiary/aromatic N) is 3. The van der Waals surface area contributed by atoms with Crippen LogP contribution in [0.4, 0.5) is 5.69 Å². The van der Waals surface area contributed by atoms with Crippen LogP contribution >= 0.6 is 23.4 Å². The van der Waals surface area contributed by atoms with E-state index in [9.17, 15) is 4.79 Å². The number of carbonyl (C=O) groups excluding carboxylic acids is 1. The van der Waals surface area contributed by atoms with Gasteiger partial charge in [-0.25, -0.2) is 4.99 Å². The molecule has 1 amide bonds. The van der Waals surface area contributed by atoms with E-state index < -0.39 is 0 Å². The summed E-state index contributed by atoms with van der Waals surface area (Å²) in [5, 5.41) is 1.25. The SMILES string of the molecule is COc1cc(/C=C2\SC(=Nc3cccnc3)N(C)C2=O)ccc1OCc1ccccc1Cl. The molecule has 0 N–H and O–H groups in total. The van der Waals surface area contributed by atoms with Crippen molar-refractivity contribution in [3.8, 4) is 11.5 Å². The minimum absolute atomic E-state index is 0.115. The Hall–Kier alpha value is -3.29. The van der Waals surface area contributed by atoms with Crippen molar-refractivity contribution >= 4 is 46.2 Å². The molecule has 0 bridgehead atoms. The highest BCUT2D eigenvalue weighted by Gasteiger charge is 2.30. The van der Waals surface area contributed by atoms with E-state index in [1.54, 1.807) is 32.6 Å². The molecule has 2 aromatic carbocycles. The summed E-state index contributed by atoms with van der Waals surface area (Å²) in [7, 11) is 3.29. The number of aliphatic imine (C=N–C) groups is 1. The Labute approximate surface area is 195 Å². The van der Waals surface area contributed by atoms with Gasteiger partial charge >= 0.3 is 0 Å². The van der Waals surface area contributed by atoms with E-state index in [0.717, 1.165) is 11.1 Å². The maximum absolute atomic E-state index is 12.7. The maximum Gasteiger partial charge on any atom is 0.266 e. The van der Waals surface area contributed by atoms with Gasteiger partial charge in [0, 0.05) is 23.8 Å². The van der Waals surface area contributed by atoms with Gasteiger partial charge in [0.15, 0.2) is 16.7 Å². The molecule has 3 aromatic rings. The highest BCUT2D eigenvalue weighted by atomic mass is 35.5. The van der Waals surface area contributed by atoms with Crippen molar-refractivity contribution < 1.29 is 14.3 Å². The fraction of sp³-hybridized carbons (Fsp3) is 0.125. The number of aromatic nitrogens is 1. The molecule has 2 heterocycles. The quantitative estimate of drug-likeness (QED) is 0.446. The van der Waals surface area contributed by atoms with Gasteiger partial charge in [0.25, 0.3) is 5.91 Å². The van der Waals surface area contributed by atoms with E-state index in [4.69, 9.17) is 21.1 Å². The molecule has 0 unspecified atom stereocenters. The van der Waals surface area contributed by atoms with Crippen LogP contribution in [0.2, 0.25) is 5.02 Å². The van der Waals surface area contributed by atoms with Gasteiger partial charge in [-0.3, -0.25) is 14.7 Å². The summed E-state index contributed by atoms with van der Waals surface area (Å²) in [6.45, 7) is 0.323. The molecule has 1 aromatic heterocycles. The second-order valence-corrected chi connectivity index (χ2v) is 8.29. The van der Waals surface area contributed by atoms with Crippen LogP contribution in [0, 0.1) is 0 Å². The molecule has 4 rings (SSSR count). The van der Waals surface area contributed by atoms with Crippen molar-refractivity contribution in [1.82, 2.24) is 9.88 Å². The zero-order chi connectivity index (χ0) is 22.5. The zero-order valence-electron chi connectivity index (χ0n) is 17.5. The van der Waals surface area contributed by atoms with Crippen LogP contribution in [-0.2, 0) is 11.4 Å². The lowest BCUT2D eigenvalue weighted by molar-refractivity contribution is -0.121. The fourth-order valence-electron chi connectivity index (χ4n) is 3.00. The van der Waals surface area contributed by atoms with E-state index in [-0.39, 0.29) is 5.91 Å². The van der Waals surface area contributed by atoms with Gasteiger partial charge in [0.05, 0.1) is 23.9 Å². The predicted molar refractivity (Wildman–Crippen MR) is 128 cm³/mol. The molecular formula is C24H20ClN3O3S. The van der Waals surface area contributed by atoms with Crippen LogP contribution in [0.15, 0.2) is 76.9 Å². The smallest absolute Gasteiger partial charge is 0.266 e. The molecule has 0 spiro atoms. The molecule has 1 aliphatic heterocycles. The number of hydrogen-bond acceptors (Lipinski definition) is 6. The van der Waals surface area contributed by atoms with Crippen molar-refractivity contribution in [2.24, 2.45) is 4.99 Å². The zero-order valence-corrected chi connectivity index (χ0v) is 19.1. The number of amides is 1. The number of benzene rings is 2. The van der Waals surface area contributed by atoms with Gasteiger partial charge < -0.3 is 9.47 Å². The third-order valence-electron chi connectivity index (χ3n) is 4.70. The van der Waals surface area contributed by atoms with Crippen LogP contribution in [0.3, 0.4) is 0 Å². The first-order valence-electron chi connectivity index (χ1n) is 9.75. The number of halogens is 1. The Morgan fingerprint density at radius 1 is 1.16 bits per heavy atom. The topological polar surface area (TPSA) is 64.0 Å². The normalized spacial score (nSPS) is 16.1. The average Bonchev–Trinajstić information content (AvgIpc) is 3.07. The molecule has 1 aliphatic rings. The summed E-state index contributed by atoms with van der Waals surface area (Å²) in [6.07, 6.45) is 5.15. The summed E-state index contributed by atoms with van der Waals surface area (Å²) >= 11 is 7.52. The van der Waals surface area contributed by atoms with Crippen LogP contribution in [-0.4, -0.2) is 35.1 Å². The monoisotopic (exact) mass is 465 g/mol. The number of hydrogen-bond donors (Lipinski definition) is 0. The Kier molecular flexibility index (Phi) is 6.78. The number of amidine groups is 1. The Bertz CT molecular complexity index is 1200. The van der Waals surface area contributed by atoms with E-state index in [1.807, 2.05) is 54.6 Å². The van der Waals surface area contributed by atoms with Crippen LogP contribution < -0.4 is 9.47 Å². The molecule has 1 saturated heterocycles. The molecule has 0 atom stereocenters. The standard InChI is InChI=1S/C24H20ClN3O3S/c1-28-23(29)22(32-24(28)27-18-7-5-11-26-14-18)13-16-9-10-20(21(12-16)30-2)31-15-17-6-3-4-8-19(17)25/h3-14H,15H2,1-2H3/b22-13-,27-24?. The fourth-order valence-corrected chi connectivity index (χ4v) is 4.17.